The van der Waals surface area contributed by atoms with Crippen LogP contribution in [0.15, 0.2) is 24.3 Å². The summed E-state index contributed by atoms with van der Waals surface area (Å²) in [5.74, 6) is 0.147. The molecule has 0 aromatic heterocycles. The van der Waals surface area contributed by atoms with Crippen molar-refractivity contribution in [3.05, 3.63) is 35.4 Å². The van der Waals surface area contributed by atoms with E-state index in [1.54, 1.807) is 0 Å². The van der Waals surface area contributed by atoms with Gasteiger partial charge in [0.1, 0.15) is 0 Å². The summed E-state index contributed by atoms with van der Waals surface area (Å²) in [6, 6.07) is 8.33. The maximum Gasteiger partial charge on any atom is 0.253 e. The van der Waals surface area contributed by atoms with Crippen molar-refractivity contribution < 1.29 is 4.79 Å². The molecule has 0 spiro atoms. The highest BCUT2D eigenvalue weighted by atomic mass is 16.2. The van der Waals surface area contributed by atoms with Crippen LogP contribution >= 0.6 is 0 Å². The Morgan fingerprint density at radius 2 is 2.26 bits per heavy atom. The van der Waals surface area contributed by atoms with Gasteiger partial charge in [0.25, 0.3) is 5.91 Å². The van der Waals surface area contributed by atoms with Gasteiger partial charge in [-0.1, -0.05) is 12.1 Å². The molecule has 0 bridgehead atoms. The minimum atomic E-state index is 0.147. The predicted octanol–water partition coefficient (Wildman–Crippen LogP) is 1.18. The Kier molecular flexibility index (Phi) is 4.56. The molecule has 1 saturated heterocycles. The molecule has 4 nitrogen and oxygen atoms in total. The second-order valence-corrected chi connectivity index (χ2v) is 5.54. The van der Waals surface area contributed by atoms with Crippen LogP contribution in [0.25, 0.3) is 0 Å². The third-order valence-corrected chi connectivity index (χ3v) is 3.33. The summed E-state index contributed by atoms with van der Waals surface area (Å²) in [4.78, 5) is 16.5. The highest BCUT2D eigenvalue weighted by Gasteiger charge is 2.21. The summed E-state index contributed by atoms with van der Waals surface area (Å²) in [6.45, 7) is 5.43. The topological polar surface area (TPSA) is 35.6 Å². The van der Waals surface area contributed by atoms with Crippen molar-refractivity contribution >= 4 is 5.91 Å². The number of piperazine rings is 1. The summed E-state index contributed by atoms with van der Waals surface area (Å²) < 4.78 is 0. The Bertz CT molecular complexity index is 445. The summed E-state index contributed by atoms with van der Waals surface area (Å²) in [6.07, 6.45) is 0. The van der Waals surface area contributed by atoms with E-state index >= 15 is 0 Å². The highest BCUT2D eigenvalue weighted by molar-refractivity contribution is 5.94. The lowest BCUT2D eigenvalue weighted by atomic mass is 10.1. The number of benzene rings is 1. The number of carbonyl (C=O) groups is 1. The molecule has 1 atom stereocenters. The van der Waals surface area contributed by atoms with Crippen LogP contribution in [0.4, 0.5) is 0 Å². The molecule has 1 heterocycles. The van der Waals surface area contributed by atoms with E-state index < -0.39 is 0 Å². The lowest BCUT2D eigenvalue weighted by Gasteiger charge is -2.32. The predicted molar refractivity (Wildman–Crippen MR) is 77.2 cm³/mol. The molecule has 4 heteroatoms. The Morgan fingerprint density at radius 3 is 2.95 bits per heavy atom. The Morgan fingerprint density at radius 1 is 1.47 bits per heavy atom. The number of rotatable bonds is 3. The molecule has 1 amide bonds. The fourth-order valence-electron chi connectivity index (χ4n) is 2.47. The van der Waals surface area contributed by atoms with E-state index in [2.05, 4.69) is 23.2 Å². The average molecular weight is 261 g/mol. The third-order valence-electron chi connectivity index (χ3n) is 3.33. The molecule has 0 saturated carbocycles. The van der Waals surface area contributed by atoms with E-state index in [1.807, 2.05) is 37.2 Å². The molecule has 104 valence electrons. The minimum Gasteiger partial charge on any atom is -0.336 e. The third kappa shape index (κ3) is 3.78. The van der Waals surface area contributed by atoms with Crippen molar-refractivity contribution in [3.63, 3.8) is 0 Å². The van der Waals surface area contributed by atoms with Crippen LogP contribution in [0.2, 0.25) is 0 Å². The van der Waals surface area contributed by atoms with E-state index in [0.717, 1.165) is 31.7 Å². The smallest absolute Gasteiger partial charge is 0.253 e. The standard InChI is InChI=1S/C15H23N3O/c1-12-10-18(8-7-16-12)15(19)14-6-4-5-13(9-14)11-17(2)3/h4-6,9,12,16H,7-8,10-11H2,1-3H3. The first-order valence-corrected chi connectivity index (χ1v) is 6.82. The molecule has 0 radical (unpaired) electrons. The monoisotopic (exact) mass is 261 g/mol. The van der Waals surface area contributed by atoms with Crippen molar-refractivity contribution in [2.45, 2.75) is 19.5 Å². The molecule has 1 aliphatic rings. The molecule has 1 aliphatic heterocycles. The van der Waals surface area contributed by atoms with Crippen LogP contribution in [0.3, 0.4) is 0 Å². The van der Waals surface area contributed by atoms with E-state index in [0.29, 0.717) is 6.04 Å². The van der Waals surface area contributed by atoms with Gasteiger partial charge < -0.3 is 15.1 Å². The number of hydrogen-bond donors (Lipinski definition) is 1. The number of carbonyl (C=O) groups excluding carboxylic acids is 1. The van der Waals surface area contributed by atoms with Gasteiger partial charge in [-0.15, -0.1) is 0 Å². The van der Waals surface area contributed by atoms with Crippen LogP contribution in [0.5, 0.6) is 0 Å². The summed E-state index contributed by atoms with van der Waals surface area (Å²) in [7, 11) is 4.07. The van der Waals surface area contributed by atoms with Crippen molar-refractivity contribution in [1.29, 1.82) is 0 Å². The average Bonchev–Trinajstić information content (AvgIpc) is 2.37. The molecule has 2 rings (SSSR count). The number of nitrogens with one attached hydrogen (secondary N) is 1. The Balaban J connectivity index is 2.10. The van der Waals surface area contributed by atoms with Crippen molar-refractivity contribution in [2.24, 2.45) is 0 Å². The van der Waals surface area contributed by atoms with Crippen molar-refractivity contribution in [3.8, 4) is 0 Å². The van der Waals surface area contributed by atoms with Crippen LogP contribution in [-0.4, -0.2) is 55.5 Å². The number of nitrogens with zero attached hydrogens (tertiary/aromatic N) is 2. The summed E-state index contributed by atoms with van der Waals surface area (Å²) in [5.41, 5.74) is 1.98. The zero-order valence-electron chi connectivity index (χ0n) is 12.0. The summed E-state index contributed by atoms with van der Waals surface area (Å²) in [5, 5.41) is 3.36. The Labute approximate surface area is 115 Å². The molecule has 1 N–H and O–H groups in total. The normalized spacial score (nSPS) is 19.8. The quantitative estimate of drug-likeness (QED) is 0.887. The van der Waals surface area contributed by atoms with Crippen molar-refractivity contribution in [2.75, 3.05) is 33.7 Å². The maximum absolute atomic E-state index is 12.5. The lowest BCUT2D eigenvalue weighted by molar-refractivity contribution is 0.0709. The van der Waals surface area contributed by atoms with Gasteiger partial charge >= 0.3 is 0 Å². The molecule has 1 unspecified atom stereocenters. The number of hydrogen-bond acceptors (Lipinski definition) is 3. The fraction of sp³-hybridized carbons (Fsp3) is 0.533. The zero-order valence-corrected chi connectivity index (χ0v) is 12.0. The molecular formula is C15H23N3O. The van der Waals surface area contributed by atoms with E-state index in [4.69, 9.17) is 0 Å². The lowest BCUT2D eigenvalue weighted by Crippen LogP contribution is -2.51. The number of amides is 1. The fourth-order valence-corrected chi connectivity index (χ4v) is 2.47. The first-order chi connectivity index (χ1) is 9.06. The first kappa shape index (κ1) is 14.0. The van der Waals surface area contributed by atoms with E-state index in [-0.39, 0.29) is 5.91 Å². The molecule has 1 aromatic carbocycles. The second-order valence-electron chi connectivity index (χ2n) is 5.54. The van der Waals surface area contributed by atoms with Crippen LogP contribution in [0, 0.1) is 0 Å². The van der Waals surface area contributed by atoms with Gasteiger partial charge in [0, 0.05) is 37.8 Å². The second kappa shape index (κ2) is 6.17. The molecule has 19 heavy (non-hydrogen) atoms. The van der Waals surface area contributed by atoms with Crippen LogP contribution in [0.1, 0.15) is 22.8 Å². The molecule has 0 aliphatic carbocycles. The SMILES string of the molecule is CC1CN(C(=O)c2cccc(CN(C)C)c2)CCN1. The van der Waals surface area contributed by atoms with Crippen LogP contribution in [-0.2, 0) is 6.54 Å². The van der Waals surface area contributed by atoms with Gasteiger partial charge in [-0.3, -0.25) is 4.79 Å². The molecular weight excluding hydrogens is 238 g/mol. The highest BCUT2D eigenvalue weighted by Crippen LogP contribution is 2.11. The van der Waals surface area contributed by atoms with Gasteiger partial charge in [-0.05, 0) is 38.7 Å². The van der Waals surface area contributed by atoms with Crippen molar-refractivity contribution in [1.82, 2.24) is 15.1 Å². The largest absolute Gasteiger partial charge is 0.336 e. The van der Waals surface area contributed by atoms with Gasteiger partial charge in [0.05, 0.1) is 0 Å². The van der Waals surface area contributed by atoms with Gasteiger partial charge in [0.15, 0.2) is 0 Å². The van der Waals surface area contributed by atoms with Gasteiger partial charge in [0.2, 0.25) is 0 Å². The van der Waals surface area contributed by atoms with Crippen LogP contribution < -0.4 is 5.32 Å². The molecule has 1 aromatic rings. The molecule has 1 fully saturated rings. The van der Waals surface area contributed by atoms with E-state index in [1.165, 1.54) is 5.56 Å². The Hall–Kier alpha value is -1.39. The maximum atomic E-state index is 12.5. The van der Waals surface area contributed by atoms with Gasteiger partial charge in [-0.25, -0.2) is 0 Å². The zero-order chi connectivity index (χ0) is 13.8. The van der Waals surface area contributed by atoms with E-state index in [9.17, 15) is 4.79 Å². The minimum absolute atomic E-state index is 0.147. The first-order valence-electron chi connectivity index (χ1n) is 6.82. The summed E-state index contributed by atoms with van der Waals surface area (Å²) >= 11 is 0. The van der Waals surface area contributed by atoms with Gasteiger partial charge in [-0.2, -0.15) is 0 Å².